The molecular weight excluding hydrogens is 490 g/mol. The number of benzene rings is 6. The van der Waals surface area contributed by atoms with E-state index in [1.807, 2.05) is 11.3 Å². The monoisotopic (exact) mass is 515 g/mol. The van der Waals surface area contributed by atoms with Gasteiger partial charge in [-0.3, -0.25) is 0 Å². The summed E-state index contributed by atoms with van der Waals surface area (Å²) in [5.74, 6) is 0. The van der Waals surface area contributed by atoms with E-state index in [0.717, 1.165) is 0 Å². The van der Waals surface area contributed by atoms with E-state index in [1.54, 1.807) is 0 Å². The molecule has 9 rings (SSSR count). The lowest BCUT2D eigenvalue weighted by Gasteiger charge is -2.21. The van der Waals surface area contributed by atoms with E-state index in [1.165, 1.54) is 80.7 Å². The number of rotatable bonds is 1. The van der Waals surface area contributed by atoms with E-state index in [4.69, 9.17) is 0 Å². The molecule has 0 saturated carbocycles. The molecule has 1 nitrogen and oxygen atoms in total. The number of thiophene rings is 1. The van der Waals surface area contributed by atoms with Crippen LogP contribution in [-0.2, 0) is 5.41 Å². The summed E-state index contributed by atoms with van der Waals surface area (Å²) in [4.78, 5) is 0. The maximum atomic E-state index is 2.52. The number of aromatic nitrogens is 1. The molecule has 6 aromatic carbocycles. The van der Waals surface area contributed by atoms with Gasteiger partial charge in [-0.1, -0.05) is 105 Å². The highest BCUT2D eigenvalue weighted by Gasteiger charge is 2.35. The molecule has 1 aliphatic carbocycles. The van der Waals surface area contributed by atoms with E-state index in [9.17, 15) is 0 Å². The van der Waals surface area contributed by atoms with Crippen molar-refractivity contribution in [3.8, 4) is 16.8 Å². The van der Waals surface area contributed by atoms with Crippen LogP contribution in [0.4, 0.5) is 0 Å². The van der Waals surface area contributed by atoms with Gasteiger partial charge in [0.1, 0.15) is 0 Å². The Balaban J connectivity index is 1.49. The summed E-state index contributed by atoms with van der Waals surface area (Å²) in [7, 11) is 0. The van der Waals surface area contributed by atoms with Gasteiger partial charge in [0, 0.05) is 47.4 Å². The Labute approximate surface area is 230 Å². The Kier molecular flexibility index (Phi) is 4.07. The number of para-hydroxylation sites is 1. The first-order valence-corrected chi connectivity index (χ1v) is 14.4. The van der Waals surface area contributed by atoms with Gasteiger partial charge in [0.15, 0.2) is 0 Å². The molecule has 0 unspecified atom stereocenters. The minimum Gasteiger partial charge on any atom is -0.309 e. The van der Waals surface area contributed by atoms with Crippen molar-refractivity contribution in [3.63, 3.8) is 0 Å². The van der Waals surface area contributed by atoms with Crippen LogP contribution in [0.15, 0.2) is 115 Å². The summed E-state index contributed by atoms with van der Waals surface area (Å²) in [6.45, 7) is 4.70. The SMILES string of the molecule is CC1(C)c2ccccc2-c2cc(-n3c4ccccc4c4c5sc6ccccc6c5c5ccccc5c43)ccc21. The largest absolute Gasteiger partial charge is 0.309 e. The van der Waals surface area contributed by atoms with Crippen molar-refractivity contribution >= 4 is 64.1 Å². The third-order valence-corrected chi connectivity index (χ3v) is 10.2. The molecule has 2 heteroatoms. The van der Waals surface area contributed by atoms with Gasteiger partial charge in [0.25, 0.3) is 0 Å². The second-order valence-corrected chi connectivity index (χ2v) is 12.4. The van der Waals surface area contributed by atoms with Gasteiger partial charge in [-0.15, -0.1) is 11.3 Å². The topological polar surface area (TPSA) is 4.93 Å². The van der Waals surface area contributed by atoms with E-state index in [0.29, 0.717) is 0 Å². The summed E-state index contributed by atoms with van der Waals surface area (Å²) in [6.07, 6.45) is 0. The van der Waals surface area contributed by atoms with E-state index < -0.39 is 0 Å². The molecule has 184 valence electrons. The highest BCUT2D eigenvalue weighted by Crippen LogP contribution is 2.51. The zero-order valence-electron chi connectivity index (χ0n) is 21.8. The fraction of sp³-hybridized carbons (Fsp3) is 0.0811. The van der Waals surface area contributed by atoms with E-state index in [2.05, 4.69) is 134 Å². The van der Waals surface area contributed by atoms with Gasteiger partial charge in [0.05, 0.1) is 11.0 Å². The van der Waals surface area contributed by atoms with Crippen LogP contribution in [0.3, 0.4) is 0 Å². The van der Waals surface area contributed by atoms with Crippen molar-refractivity contribution in [2.75, 3.05) is 0 Å². The molecular formula is C37H25NS. The third-order valence-electron chi connectivity index (χ3n) is 8.97. The Hall–Kier alpha value is -4.40. The van der Waals surface area contributed by atoms with Gasteiger partial charge in [-0.25, -0.2) is 0 Å². The van der Waals surface area contributed by atoms with Crippen LogP contribution in [0.5, 0.6) is 0 Å². The average Bonchev–Trinajstić information content (AvgIpc) is 3.60. The standard InChI is InChI=1S/C37H25NS/c1-37(2)29-16-8-5-11-23(29)28-21-22(19-20-30(28)37)38-31-17-9-6-14-26(31)34-35(38)25-13-4-3-12-24(25)33-27-15-7-10-18-32(27)39-36(33)34/h3-21H,1-2H3. The molecule has 1 aliphatic rings. The molecule has 8 aromatic rings. The first kappa shape index (κ1) is 21.5. The van der Waals surface area contributed by atoms with Crippen LogP contribution >= 0.6 is 11.3 Å². The molecule has 2 aromatic heterocycles. The predicted octanol–water partition coefficient (Wildman–Crippen LogP) is 10.6. The first-order chi connectivity index (χ1) is 19.1. The maximum Gasteiger partial charge on any atom is 0.0634 e. The van der Waals surface area contributed by atoms with Crippen LogP contribution in [0.25, 0.3) is 69.6 Å². The Morgan fingerprint density at radius 2 is 1.23 bits per heavy atom. The molecule has 0 aliphatic heterocycles. The van der Waals surface area contributed by atoms with Crippen molar-refractivity contribution in [2.24, 2.45) is 0 Å². The second kappa shape index (κ2) is 7.37. The minimum absolute atomic E-state index is 0.00121. The zero-order valence-corrected chi connectivity index (χ0v) is 22.6. The van der Waals surface area contributed by atoms with Gasteiger partial charge in [-0.05, 0) is 51.9 Å². The van der Waals surface area contributed by atoms with E-state index in [-0.39, 0.29) is 5.41 Å². The Bertz CT molecular complexity index is 2310. The molecule has 0 amide bonds. The van der Waals surface area contributed by atoms with Gasteiger partial charge in [-0.2, -0.15) is 0 Å². The number of fused-ring (bicyclic) bond motifs is 13. The van der Waals surface area contributed by atoms with Gasteiger partial charge in [0.2, 0.25) is 0 Å². The first-order valence-electron chi connectivity index (χ1n) is 13.6. The summed E-state index contributed by atoms with van der Waals surface area (Å²) < 4.78 is 5.25. The van der Waals surface area contributed by atoms with E-state index >= 15 is 0 Å². The Morgan fingerprint density at radius 3 is 2.10 bits per heavy atom. The maximum absolute atomic E-state index is 2.52. The lowest BCUT2D eigenvalue weighted by molar-refractivity contribution is 0.660. The molecule has 0 spiro atoms. The van der Waals surface area contributed by atoms with Crippen LogP contribution in [-0.4, -0.2) is 4.57 Å². The molecule has 0 atom stereocenters. The summed E-state index contributed by atoms with van der Waals surface area (Å²) in [5, 5.41) is 8.04. The lowest BCUT2D eigenvalue weighted by Crippen LogP contribution is -2.14. The van der Waals surface area contributed by atoms with Crippen molar-refractivity contribution in [2.45, 2.75) is 19.3 Å². The smallest absolute Gasteiger partial charge is 0.0634 e. The predicted molar refractivity (Wildman–Crippen MR) is 169 cm³/mol. The van der Waals surface area contributed by atoms with Crippen LogP contribution < -0.4 is 0 Å². The molecule has 0 saturated heterocycles. The van der Waals surface area contributed by atoms with Crippen molar-refractivity contribution in [3.05, 3.63) is 126 Å². The highest BCUT2D eigenvalue weighted by atomic mass is 32.1. The summed E-state index contributed by atoms with van der Waals surface area (Å²) in [5.41, 5.74) is 9.31. The lowest BCUT2D eigenvalue weighted by atomic mass is 9.82. The highest BCUT2D eigenvalue weighted by molar-refractivity contribution is 7.27. The number of hydrogen-bond donors (Lipinski definition) is 0. The molecule has 39 heavy (non-hydrogen) atoms. The molecule has 2 heterocycles. The third kappa shape index (κ3) is 2.65. The average molecular weight is 516 g/mol. The Morgan fingerprint density at radius 1 is 0.564 bits per heavy atom. The molecule has 0 N–H and O–H groups in total. The van der Waals surface area contributed by atoms with Crippen LogP contribution in [0.2, 0.25) is 0 Å². The quantitative estimate of drug-likeness (QED) is 0.205. The van der Waals surface area contributed by atoms with Crippen LogP contribution in [0, 0.1) is 0 Å². The normalized spacial score (nSPS) is 14.1. The van der Waals surface area contributed by atoms with Gasteiger partial charge >= 0.3 is 0 Å². The van der Waals surface area contributed by atoms with Gasteiger partial charge < -0.3 is 4.57 Å². The van der Waals surface area contributed by atoms with Crippen molar-refractivity contribution in [1.82, 2.24) is 4.57 Å². The van der Waals surface area contributed by atoms with Crippen molar-refractivity contribution in [1.29, 1.82) is 0 Å². The fourth-order valence-electron chi connectivity index (χ4n) is 7.24. The zero-order chi connectivity index (χ0) is 25.9. The molecule has 0 bridgehead atoms. The minimum atomic E-state index is 0.00121. The second-order valence-electron chi connectivity index (χ2n) is 11.3. The van der Waals surface area contributed by atoms with Crippen LogP contribution in [0.1, 0.15) is 25.0 Å². The fourth-order valence-corrected chi connectivity index (χ4v) is 8.51. The molecule has 0 radical (unpaired) electrons. The number of hydrogen-bond acceptors (Lipinski definition) is 1. The van der Waals surface area contributed by atoms with Crippen molar-refractivity contribution < 1.29 is 0 Å². The molecule has 0 fully saturated rings. The summed E-state index contributed by atoms with van der Waals surface area (Å²) >= 11 is 1.93. The summed E-state index contributed by atoms with van der Waals surface area (Å²) in [6, 6.07) is 42.9. The number of nitrogens with zero attached hydrogens (tertiary/aromatic N) is 1.